The van der Waals surface area contributed by atoms with Crippen LogP contribution >= 0.6 is 15.9 Å². The van der Waals surface area contributed by atoms with Crippen molar-refractivity contribution < 1.29 is 13.2 Å². The number of amides is 1. The van der Waals surface area contributed by atoms with Crippen molar-refractivity contribution in [2.75, 3.05) is 11.5 Å². The third-order valence-corrected chi connectivity index (χ3v) is 6.65. The van der Waals surface area contributed by atoms with Crippen molar-refractivity contribution in [1.29, 1.82) is 0 Å². The summed E-state index contributed by atoms with van der Waals surface area (Å²) in [7, 11) is -3.06. The van der Waals surface area contributed by atoms with E-state index in [9.17, 15) is 13.2 Å². The molecule has 1 amide bonds. The minimum absolute atomic E-state index is 0.0377. The molecule has 24 heavy (non-hydrogen) atoms. The lowest BCUT2D eigenvalue weighted by Gasteiger charge is -2.29. The van der Waals surface area contributed by atoms with Gasteiger partial charge >= 0.3 is 0 Å². The lowest BCUT2D eigenvalue weighted by molar-refractivity contribution is 0.0680. The molecule has 4 nitrogen and oxygen atoms in total. The van der Waals surface area contributed by atoms with Gasteiger partial charge in [-0.2, -0.15) is 0 Å². The number of carbonyl (C=O) groups is 1. The molecule has 1 atom stereocenters. The molecule has 0 N–H and O–H groups in total. The van der Waals surface area contributed by atoms with Crippen LogP contribution in [0.1, 0.15) is 22.3 Å². The summed E-state index contributed by atoms with van der Waals surface area (Å²) >= 11 is 3.42. The first-order chi connectivity index (χ1) is 11.5. The smallest absolute Gasteiger partial charge is 0.255 e. The summed E-state index contributed by atoms with van der Waals surface area (Å²) < 4.78 is 24.5. The molecule has 1 heterocycles. The van der Waals surface area contributed by atoms with Crippen LogP contribution in [-0.2, 0) is 16.4 Å². The van der Waals surface area contributed by atoms with Crippen LogP contribution in [0.4, 0.5) is 0 Å². The van der Waals surface area contributed by atoms with E-state index in [1.54, 1.807) is 11.0 Å². The van der Waals surface area contributed by atoms with E-state index in [-0.39, 0.29) is 23.5 Å². The second-order valence-electron chi connectivity index (χ2n) is 5.96. The van der Waals surface area contributed by atoms with Crippen molar-refractivity contribution in [3.63, 3.8) is 0 Å². The number of hydrogen-bond acceptors (Lipinski definition) is 3. The normalized spacial score (nSPS) is 19.1. The maximum atomic E-state index is 13.1. The highest BCUT2D eigenvalue weighted by atomic mass is 79.9. The first kappa shape index (κ1) is 17.2. The van der Waals surface area contributed by atoms with Crippen LogP contribution < -0.4 is 0 Å². The Kier molecular flexibility index (Phi) is 5.06. The van der Waals surface area contributed by atoms with Crippen LogP contribution in [-0.4, -0.2) is 36.8 Å². The number of halogens is 1. The molecule has 2 aromatic carbocycles. The first-order valence-electron chi connectivity index (χ1n) is 7.76. The van der Waals surface area contributed by atoms with Gasteiger partial charge in [-0.25, -0.2) is 8.42 Å². The summed E-state index contributed by atoms with van der Waals surface area (Å²) in [4.78, 5) is 14.8. The van der Waals surface area contributed by atoms with Gasteiger partial charge in [0.25, 0.3) is 5.91 Å². The van der Waals surface area contributed by atoms with Crippen molar-refractivity contribution in [2.45, 2.75) is 19.0 Å². The predicted molar refractivity (Wildman–Crippen MR) is 97.5 cm³/mol. The Hall–Kier alpha value is -1.66. The average molecular weight is 408 g/mol. The highest BCUT2D eigenvalue weighted by Crippen LogP contribution is 2.25. The van der Waals surface area contributed by atoms with Gasteiger partial charge in [0.15, 0.2) is 9.84 Å². The van der Waals surface area contributed by atoms with E-state index in [1.807, 2.05) is 48.5 Å². The monoisotopic (exact) mass is 407 g/mol. The maximum absolute atomic E-state index is 13.1. The highest BCUT2D eigenvalue weighted by Gasteiger charge is 2.35. The Morgan fingerprint density at radius 1 is 1.08 bits per heavy atom. The van der Waals surface area contributed by atoms with Gasteiger partial charge in [-0.1, -0.05) is 42.5 Å². The molecule has 0 bridgehead atoms. The second kappa shape index (κ2) is 7.07. The molecule has 6 heteroatoms. The predicted octanol–water partition coefficient (Wildman–Crippen LogP) is 3.28. The number of carbonyl (C=O) groups excluding carboxylic acids is 1. The first-order valence-corrected chi connectivity index (χ1v) is 10.4. The summed E-state index contributed by atoms with van der Waals surface area (Å²) in [6.07, 6.45) is 0.491. The van der Waals surface area contributed by atoms with E-state index in [4.69, 9.17) is 0 Å². The van der Waals surface area contributed by atoms with Gasteiger partial charge in [-0.15, -0.1) is 0 Å². The van der Waals surface area contributed by atoms with E-state index in [0.717, 1.165) is 5.56 Å². The van der Waals surface area contributed by atoms with Gasteiger partial charge < -0.3 is 4.90 Å². The van der Waals surface area contributed by atoms with Crippen molar-refractivity contribution in [2.24, 2.45) is 0 Å². The number of rotatable bonds is 4. The van der Waals surface area contributed by atoms with E-state index >= 15 is 0 Å². The Balaban J connectivity index is 1.93. The zero-order chi connectivity index (χ0) is 17.2. The fourth-order valence-corrected chi connectivity index (χ4v) is 5.14. The maximum Gasteiger partial charge on any atom is 0.255 e. The topological polar surface area (TPSA) is 54.5 Å². The van der Waals surface area contributed by atoms with Crippen molar-refractivity contribution in [3.05, 3.63) is 70.2 Å². The number of nitrogens with zero attached hydrogens (tertiary/aromatic N) is 1. The Labute approximate surface area is 150 Å². The van der Waals surface area contributed by atoms with Gasteiger partial charge in [-0.3, -0.25) is 4.79 Å². The highest BCUT2D eigenvalue weighted by molar-refractivity contribution is 9.10. The van der Waals surface area contributed by atoms with Crippen molar-refractivity contribution in [3.8, 4) is 0 Å². The van der Waals surface area contributed by atoms with Crippen LogP contribution in [0.5, 0.6) is 0 Å². The molecular formula is C18H18BrNO3S. The zero-order valence-corrected chi connectivity index (χ0v) is 15.5. The van der Waals surface area contributed by atoms with Gasteiger partial charge in [0.2, 0.25) is 0 Å². The van der Waals surface area contributed by atoms with Crippen molar-refractivity contribution in [1.82, 2.24) is 4.90 Å². The third-order valence-electron chi connectivity index (χ3n) is 4.21. The quantitative estimate of drug-likeness (QED) is 0.781. The summed E-state index contributed by atoms with van der Waals surface area (Å²) in [5.74, 6) is 0.0378. The largest absolute Gasteiger partial charge is 0.330 e. The molecular weight excluding hydrogens is 390 g/mol. The molecule has 0 spiro atoms. The third kappa shape index (κ3) is 3.87. The molecule has 1 aliphatic rings. The lowest BCUT2D eigenvalue weighted by atomic mass is 10.1. The molecule has 1 aliphatic heterocycles. The average Bonchev–Trinajstić information content (AvgIpc) is 2.93. The molecule has 1 fully saturated rings. The number of sulfone groups is 1. The summed E-state index contributed by atoms with van der Waals surface area (Å²) in [6.45, 7) is 0.404. The molecule has 0 aromatic heterocycles. The van der Waals surface area contributed by atoms with Gasteiger partial charge in [0.05, 0.1) is 17.1 Å². The van der Waals surface area contributed by atoms with Gasteiger partial charge in [0.1, 0.15) is 0 Å². The van der Waals surface area contributed by atoms with E-state index in [2.05, 4.69) is 15.9 Å². The molecule has 3 rings (SSSR count). The fourth-order valence-electron chi connectivity index (χ4n) is 2.96. The molecule has 126 valence electrons. The Morgan fingerprint density at radius 3 is 2.38 bits per heavy atom. The van der Waals surface area contributed by atoms with E-state index < -0.39 is 9.84 Å². The zero-order valence-electron chi connectivity index (χ0n) is 13.1. The van der Waals surface area contributed by atoms with Crippen LogP contribution in [0.3, 0.4) is 0 Å². The minimum Gasteiger partial charge on any atom is -0.330 e. The number of benzene rings is 2. The molecule has 0 radical (unpaired) electrons. The van der Waals surface area contributed by atoms with Crippen LogP contribution in [0.2, 0.25) is 0 Å². The van der Waals surface area contributed by atoms with Crippen LogP contribution in [0.25, 0.3) is 0 Å². The van der Waals surface area contributed by atoms with Crippen LogP contribution in [0, 0.1) is 0 Å². The summed E-state index contributed by atoms with van der Waals surface area (Å²) in [5, 5.41) is 0. The molecule has 1 saturated heterocycles. The Morgan fingerprint density at radius 2 is 1.75 bits per heavy atom. The number of hydrogen-bond donors (Lipinski definition) is 0. The van der Waals surface area contributed by atoms with Crippen molar-refractivity contribution >= 4 is 31.7 Å². The van der Waals surface area contributed by atoms with Gasteiger partial charge in [-0.05, 0) is 40.0 Å². The standard InChI is InChI=1S/C18H18BrNO3S/c19-17-9-5-4-8-16(17)18(21)20(12-14-6-2-1-3-7-14)15-10-11-24(22,23)13-15/h1-9,15H,10-13H2. The molecule has 0 aliphatic carbocycles. The summed E-state index contributed by atoms with van der Waals surface area (Å²) in [5.41, 5.74) is 1.54. The second-order valence-corrected chi connectivity index (χ2v) is 9.04. The van der Waals surface area contributed by atoms with Gasteiger partial charge in [0, 0.05) is 17.1 Å². The lowest BCUT2D eigenvalue weighted by Crippen LogP contribution is -2.40. The summed E-state index contributed by atoms with van der Waals surface area (Å²) in [6, 6.07) is 16.6. The van der Waals surface area contributed by atoms with E-state index in [1.165, 1.54) is 0 Å². The van der Waals surface area contributed by atoms with Crippen LogP contribution in [0.15, 0.2) is 59.1 Å². The molecule has 2 aromatic rings. The molecule has 0 saturated carbocycles. The Bertz CT molecular complexity index is 836. The minimum atomic E-state index is -3.06. The fraction of sp³-hybridized carbons (Fsp3) is 0.278. The SMILES string of the molecule is O=C(c1ccccc1Br)N(Cc1ccccc1)C1CCS(=O)(=O)C1. The molecule has 1 unspecified atom stereocenters. The van der Waals surface area contributed by atoms with E-state index in [0.29, 0.717) is 23.0 Å².